The van der Waals surface area contributed by atoms with Crippen LogP contribution in [0, 0.1) is 0 Å². The lowest BCUT2D eigenvalue weighted by Gasteiger charge is -2.29. The van der Waals surface area contributed by atoms with Crippen molar-refractivity contribution >= 4 is 11.2 Å². The first-order valence-corrected chi connectivity index (χ1v) is 7.83. The van der Waals surface area contributed by atoms with Crippen LogP contribution in [0.15, 0.2) is 41.1 Å². The second kappa shape index (κ2) is 5.57. The number of aromatic nitrogens is 3. The Kier molecular flexibility index (Phi) is 3.42. The Morgan fingerprint density at radius 3 is 3.09 bits per heavy atom. The molecule has 0 radical (unpaired) electrons. The second-order valence-electron chi connectivity index (χ2n) is 6.08. The van der Waals surface area contributed by atoms with Gasteiger partial charge in [-0.3, -0.25) is 0 Å². The Labute approximate surface area is 129 Å². The van der Waals surface area contributed by atoms with E-state index in [2.05, 4.69) is 21.5 Å². The van der Waals surface area contributed by atoms with Crippen LogP contribution in [-0.4, -0.2) is 39.6 Å². The normalized spacial score (nSPS) is 19.8. The van der Waals surface area contributed by atoms with E-state index in [0.717, 1.165) is 29.3 Å². The monoisotopic (exact) mass is 296 g/mol. The molecule has 0 saturated carbocycles. The molecule has 1 atom stereocenters. The van der Waals surface area contributed by atoms with Crippen molar-refractivity contribution < 1.29 is 4.42 Å². The van der Waals surface area contributed by atoms with Gasteiger partial charge in [0.2, 0.25) is 0 Å². The molecule has 1 aliphatic heterocycles. The van der Waals surface area contributed by atoms with Crippen molar-refractivity contribution in [1.29, 1.82) is 0 Å². The minimum atomic E-state index is 0.461. The van der Waals surface area contributed by atoms with E-state index in [4.69, 9.17) is 9.40 Å². The first kappa shape index (κ1) is 13.5. The maximum absolute atomic E-state index is 5.53. The topological polar surface area (TPSA) is 47.1 Å². The molecule has 0 bridgehead atoms. The zero-order valence-electron chi connectivity index (χ0n) is 12.8. The van der Waals surface area contributed by atoms with Crippen molar-refractivity contribution in [3.05, 3.63) is 48.3 Å². The summed E-state index contributed by atoms with van der Waals surface area (Å²) >= 11 is 0. The average Bonchev–Trinajstić information content (AvgIpc) is 3.16. The fourth-order valence-electron chi connectivity index (χ4n) is 3.38. The Bertz CT molecular complexity index is 762. The molecule has 22 heavy (non-hydrogen) atoms. The zero-order valence-corrected chi connectivity index (χ0v) is 12.8. The number of imidazole rings is 1. The Balaban J connectivity index is 1.78. The highest BCUT2D eigenvalue weighted by Crippen LogP contribution is 2.28. The summed E-state index contributed by atoms with van der Waals surface area (Å²) in [4.78, 5) is 11.8. The average molecular weight is 296 g/mol. The number of nitrogens with zero attached hydrogens (tertiary/aromatic N) is 4. The predicted octanol–water partition coefficient (Wildman–Crippen LogP) is 2.88. The molecule has 3 aromatic rings. The van der Waals surface area contributed by atoms with Gasteiger partial charge in [-0.1, -0.05) is 0 Å². The third-order valence-electron chi connectivity index (χ3n) is 4.42. The molecule has 4 heterocycles. The SMILES string of the molecule is CN1CCCC(c2nc3cccnc3n2Cc2ccco2)C1. The molecule has 1 aliphatic rings. The van der Waals surface area contributed by atoms with Crippen LogP contribution < -0.4 is 0 Å². The van der Waals surface area contributed by atoms with Crippen molar-refractivity contribution in [2.75, 3.05) is 20.1 Å². The number of rotatable bonds is 3. The highest BCUT2D eigenvalue weighted by atomic mass is 16.3. The molecule has 1 fully saturated rings. The fourth-order valence-corrected chi connectivity index (χ4v) is 3.38. The summed E-state index contributed by atoms with van der Waals surface area (Å²) in [7, 11) is 2.18. The van der Waals surface area contributed by atoms with Crippen molar-refractivity contribution in [3.8, 4) is 0 Å². The van der Waals surface area contributed by atoms with Gasteiger partial charge in [-0.25, -0.2) is 9.97 Å². The molecule has 4 rings (SSSR count). The van der Waals surface area contributed by atoms with Gasteiger partial charge in [0.25, 0.3) is 0 Å². The summed E-state index contributed by atoms with van der Waals surface area (Å²) in [5, 5.41) is 0. The number of likely N-dealkylation sites (N-methyl/N-ethyl adjacent to an activating group) is 1. The van der Waals surface area contributed by atoms with Gasteiger partial charge in [0, 0.05) is 18.7 Å². The molecular weight excluding hydrogens is 276 g/mol. The Hall–Kier alpha value is -2.14. The number of hydrogen-bond donors (Lipinski definition) is 0. The fraction of sp³-hybridized carbons (Fsp3) is 0.412. The van der Waals surface area contributed by atoms with Crippen LogP contribution in [0.2, 0.25) is 0 Å². The van der Waals surface area contributed by atoms with Gasteiger partial charge in [-0.15, -0.1) is 0 Å². The second-order valence-corrected chi connectivity index (χ2v) is 6.08. The quantitative estimate of drug-likeness (QED) is 0.745. The first-order valence-electron chi connectivity index (χ1n) is 7.83. The Morgan fingerprint density at radius 1 is 1.32 bits per heavy atom. The lowest BCUT2D eigenvalue weighted by atomic mass is 9.97. The summed E-state index contributed by atoms with van der Waals surface area (Å²) in [5.41, 5.74) is 1.92. The van der Waals surface area contributed by atoms with Crippen molar-refractivity contribution in [1.82, 2.24) is 19.4 Å². The van der Waals surface area contributed by atoms with Gasteiger partial charge < -0.3 is 13.9 Å². The van der Waals surface area contributed by atoms with E-state index in [0.29, 0.717) is 12.5 Å². The van der Waals surface area contributed by atoms with Gasteiger partial charge in [0.1, 0.15) is 17.1 Å². The molecule has 0 N–H and O–H groups in total. The molecular formula is C17H20N4O. The van der Waals surface area contributed by atoms with Gasteiger partial charge in [-0.05, 0) is 50.7 Å². The van der Waals surface area contributed by atoms with Gasteiger partial charge in [-0.2, -0.15) is 0 Å². The smallest absolute Gasteiger partial charge is 0.160 e. The van der Waals surface area contributed by atoms with Crippen molar-refractivity contribution in [3.63, 3.8) is 0 Å². The molecule has 0 amide bonds. The number of likely N-dealkylation sites (tertiary alicyclic amines) is 1. The van der Waals surface area contributed by atoms with E-state index >= 15 is 0 Å². The van der Waals surface area contributed by atoms with E-state index in [1.54, 1.807) is 6.26 Å². The third-order valence-corrected chi connectivity index (χ3v) is 4.42. The van der Waals surface area contributed by atoms with Crippen LogP contribution in [0.25, 0.3) is 11.2 Å². The predicted molar refractivity (Wildman–Crippen MR) is 84.8 cm³/mol. The van der Waals surface area contributed by atoms with Crippen LogP contribution in [0.3, 0.4) is 0 Å². The van der Waals surface area contributed by atoms with Crippen LogP contribution in [-0.2, 0) is 6.54 Å². The van der Waals surface area contributed by atoms with Crippen LogP contribution in [0.5, 0.6) is 0 Å². The maximum atomic E-state index is 5.53. The molecule has 5 heteroatoms. The largest absolute Gasteiger partial charge is 0.467 e. The van der Waals surface area contributed by atoms with E-state index in [9.17, 15) is 0 Å². The number of piperidine rings is 1. The minimum Gasteiger partial charge on any atom is -0.467 e. The van der Waals surface area contributed by atoms with Crippen molar-refractivity contribution in [2.24, 2.45) is 0 Å². The molecule has 114 valence electrons. The first-order chi connectivity index (χ1) is 10.8. The van der Waals surface area contributed by atoms with E-state index in [1.165, 1.54) is 19.4 Å². The van der Waals surface area contributed by atoms with Gasteiger partial charge >= 0.3 is 0 Å². The summed E-state index contributed by atoms with van der Waals surface area (Å²) in [6.45, 7) is 2.92. The number of furan rings is 1. The highest BCUT2D eigenvalue weighted by Gasteiger charge is 2.25. The van der Waals surface area contributed by atoms with Crippen LogP contribution in [0.1, 0.15) is 30.3 Å². The van der Waals surface area contributed by atoms with E-state index in [-0.39, 0.29) is 0 Å². The van der Waals surface area contributed by atoms with Crippen LogP contribution >= 0.6 is 0 Å². The Morgan fingerprint density at radius 2 is 2.27 bits per heavy atom. The van der Waals surface area contributed by atoms with Crippen molar-refractivity contribution in [2.45, 2.75) is 25.3 Å². The number of pyridine rings is 1. The van der Waals surface area contributed by atoms with Crippen LogP contribution in [0.4, 0.5) is 0 Å². The molecule has 3 aromatic heterocycles. The van der Waals surface area contributed by atoms with E-state index < -0.39 is 0 Å². The summed E-state index contributed by atoms with van der Waals surface area (Å²) in [6.07, 6.45) is 5.96. The number of fused-ring (bicyclic) bond motifs is 1. The minimum absolute atomic E-state index is 0.461. The van der Waals surface area contributed by atoms with Gasteiger partial charge in [0.05, 0.1) is 12.8 Å². The zero-order chi connectivity index (χ0) is 14.9. The molecule has 0 spiro atoms. The summed E-state index contributed by atoms with van der Waals surface area (Å²) in [5.74, 6) is 2.54. The lowest BCUT2D eigenvalue weighted by Crippen LogP contribution is -2.32. The molecule has 0 aromatic carbocycles. The van der Waals surface area contributed by atoms with E-state index in [1.807, 2.05) is 30.5 Å². The lowest BCUT2D eigenvalue weighted by molar-refractivity contribution is 0.243. The summed E-state index contributed by atoms with van der Waals surface area (Å²) in [6, 6.07) is 7.92. The molecule has 1 saturated heterocycles. The molecule has 0 aliphatic carbocycles. The van der Waals surface area contributed by atoms with Gasteiger partial charge in [0.15, 0.2) is 5.65 Å². The third kappa shape index (κ3) is 2.41. The maximum Gasteiger partial charge on any atom is 0.160 e. The number of hydrogen-bond acceptors (Lipinski definition) is 4. The highest BCUT2D eigenvalue weighted by molar-refractivity contribution is 5.71. The molecule has 5 nitrogen and oxygen atoms in total. The standard InChI is InChI=1S/C17H20N4O/c1-20-9-3-5-13(11-20)16-19-15-7-2-8-18-17(15)21(16)12-14-6-4-10-22-14/h2,4,6-8,10,13H,3,5,9,11-12H2,1H3. The summed E-state index contributed by atoms with van der Waals surface area (Å²) < 4.78 is 7.75. The molecule has 1 unspecified atom stereocenters.